The van der Waals surface area contributed by atoms with Gasteiger partial charge in [-0.1, -0.05) is 60.7 Å². The van der Waals surface area contributed by atoms with Gasteiger partial charge < -0.3 is 25.7 Å². The number of carbonyl (C=O) groups is 3. The lowest BCUT2D eigenvalue weighted by atomic mass is 9.87. The van der Waals surface area contributed by atoms with Crippen LogP contribution in [0.2, 0.25) is 0 Å². The molecule has 1 aromatic heterocycles. The SMILES string of the molecule is Cc1oc(-c2ccccc2)nc1CC(=O)NC1(C(=O)NCCNC(=O)c2ccc(-c3ccccc3)cc2)CCNCC1. The quantitative estimate of drug-likeness (QED) is 0.218. The highest BCUT2D eigenvalue weighted by molar-refractivity contribution is 5.95. The Morgan fingerprint density at radius 3 is 2.07 bits per heavy atom. The molecule has 9 heteroatoms. The van der Waals surface area contributed by atoms with Crippen LogP contribution in [0.5, 0.6) is 0 Å². The number of piperidine rings is 1. The van der Waals surface area contributed by atoms with Crippen LogP contribution >= 0.6 is 0 Å². The van der Waals surface area contributed by atoms with Gasteiger partial charge in [-0.05, 0) is 68.2 Å². The van der Waals surface area contributed by atoms with E-state index in [0.717, 1.165) is 16.7 Å². The molecule has 1 fully saturated rings. The molecule has 0 aliphatic carbocycles. The summed E-state index contributed by atoms with van der Waals surface area (Å²) in [6.07, 6.45) is 0.916. The fourth-order valence-corrected chi connectivity index (χ4v) is 5.09. The lowest BCUT2D eigenvalue weighted by Gasteiger charge is -2.37. The Labute approximate surface area is 245 Å². The molecule has 216 valence electrons. The van der Waals surface area contributed by atoms with Gasteiger partial charge in [0.25, 0.3) is 5.91 Å². The van der Waals surface area contributed by atoms with E-state index in [2.05, 4.69) is 26.3 Å². The number of carbonyl (C=O) groups excluding carboxylic acids is 3. The van der Waals surface area contributed by atoms with E-state index >= 15 is 0 Å². The van der Waals surface area contributed by atoms with Crippen molar-refractivity contribution in [3.05, 3.63) is 102 Å². The van der Waals surface area contributed by atoms with Crippen molar-refractivity contribution in [2.24, 2.45) is 0 Å². The average molecular weight is 566 g/mol. The monoisotopic (exact) mass is 565 g/mol. The molecule has 1 aliphatic heterocycles. The first kappa shape index (κ1) is 28.8. The van der Waals surface area contributed by atoms with Gasteiger partial charge in [0, 0.05) is 24.2 Å². The van der Waals surface area contributed by atoms with Crippen LogP contribution in [0, 0.1) is 6.92 Å². The summed E-state index contributed by atoms with van der Waals surface area (Å²) < 4.78 is 5.79. The highest BCUT2D eigenvalue weighted by Crippen LogP contribution is 2.23. The van der Waals surface area contributed by atoms with Crippen LogP contribution in [-0.4, -0.2) is 54.4 Å². The van der Waals surface area contributed by atoms with E-state index in [4.69, 9.17) is 4.42 Å². The van der Waals surface area contributed by atoms with Crippen LogP contribution in [0.15, 0.2) is 89.3 Å². The van der Waals surface area contributed by atoms with Crippen molar-refractivity contribution in [1.82, 2.24) is 26.3 Å². The van der Waals surface area contributed by atoms with Crippen LogP contribution in [0.25, 0.3) is 22.6 Å². The number of hydrogen-bond acceptors (Lipinski definition) is 6. The second-order valence-corrected chi connectivity index (χ2v) is 10.4. The number of rotatable bonds is 10. The van der Waals surface area contributed by atoms with E-state index in [1.54, 1.807) is 19.1 Å². The standard InChI is InChI=1S/C33H35N5O4/c1-23-28(37-31(42-23)27-10-6-3-7-11-27)22-29(39)38-33(16-18-34-19-17-33)32(41)36-21-20-35-30(40)26-14-12-25(13-15-26)24-8-4-2-5-9-24/h2-15,34H,16-22H2,1H3,(H,35,40)(H,36,41)(H,38,39). The zero-order chi connectivity index (χ0) is 29.4. The minimum absolute atomic E-state index is 0.00372. The smallest absolute Gasteiger partial charge is 0.251 e. The molecule has 3 aromatic carbocycles. The lowest BCUT2D eigenvalue weighted by molar-refractivity contribution is -0.134. The maximum Gasteiger partial charge on any atom is 0.251 e. The third-order valence-electron chi connectivity index (χ3n) is 7.46. The molecule has 4 N–H and O–H groups in total. The Bertz CT molecular complexity index is 1510. The van der Waals surface area contributed by atoms with E-state index in [1.165, 1.54) is 0 Å². The summed E-state index contributed by atoms with van der Waals surface area (Å²) in [6, 6.07) is 26.9. The Balaban J connectivity index is 1.13. The topological polar surface area (TPSA) is 125 Å². The highest BCUT2D eigenvalue weighted by Gasteiger charge is 2.40. The summed E-state index contributed by atoms with van der Waals surface area (Å²) in [5.74, 6) is 0.250. The third-order valence-corrected chi connectivity index (χ3v) is 7.46. The van der Waals surface area contributed by atoms with Gasteiger partial charge in [-0.3, -0.25) is 14.4 Å². The van der Waals surface area contributed by atoms with Crippen LogP contribution in [0.3, 0.4) is 0 Å². The average Bonchev–Trinajstić information content (AvgIpc) is 3.39. The molecule has 0 bridgehead atoms. The molecule has 42 heavy (non-hydrogen) atoms. The molecule has 1 saturated heterocycles. The molecule has 0 radical (unpaired) electrons. The minimum atomic E-state index is -1.04. The summed E-state index contributed by atoms with van der Waals surface area (Å²) in [5, 5.41) is 12.0. The predicted octanol–water partition coefficient (Wildman–Crippen LogP) is 3.64. The molecule has 5 rings (SSSR count). The van der Waals surface area contributed by atoms with Gasteiger partial charge in [-0.2, -0.15) is 0 Å². The van der Waals surface area contributed by atoms with Crippen molar-refractivity contribution in [2.75, 3.05) is 26.2 Å². The number of nitrogens with one attached hydrogen (secondary N) is 4. The van der Waals surface area contributed by atoms with E-state index in [-0.39, 0.29) is 37.2 Å². The Morgan fingerprint density at radius 1 is 0.810 bits per heavy atom. The summed E-state index contributed by atoms with van der Waals surface area (Å²) in [7, 11) is 0. The number of amides is 3. The molecule has 0 unspecified atom stereocenters. The van der Waals surface area contributed by atoms with Crippen molar-refractivity contribution in [3.8, 4) is 22.6 Å². The molecule has 0 saturated carbocycles. The van der Waals surface area contributed by atoms with Gasteiger partial charge in [-0.15, -0.1) is 0 Å². The van der Waals surface area contributed by atoms with Gasteiger partial charge >= 0.3 is 0 Å². The van der Waals surface area contributed by atoms with Crippen molar-refractivity contribution < 1.29 is 18.8 Å². The number of hydrogen-bond donors (Lipinski definition) is 4. The lowest BCUT2D eigenvalue weighted by Crippen LogP contribution is -2.63. The molecule has 0 spiro atoms. The Morgan fingerprint density at radius 2 is 1.40 bits per heavy atom. The Hall–Kier alpha value is -4.76. The van der Waals surface area contributed by atoms with Crippen molar-refractivity contribution in [2.45, 2.75) is 31.7 Å². The molecular weight excluding hydrogens is 530 g/mol. The second kappa shape index (κ2) is 13.3. The number of aryl methyl sites for hydroxylation is 1. The molecule has 2 heterocycles. The first-order chi connectivity index (χ1) is 20.4. The number of aromatic nitrogens is 1. The van der Waals surface area contributed by atoms with Gasteiger partial charge in [0.05, 0.1) is 12.1 Å². The van der Waals surface area contributed by atoms with Gasteiger partial charge in [0.15, 0.2) is 0 Å². The first-order valence-electron chi connectivity index (χ1n) is 14.2. The largest absolute Gasteiger partial charge is 0.441 e. The molecule has 4 aromatic rings. The van der Waals surface area contributed by atoms with Crippen molar-refractivity contribution in [1.29, 1.82) is 0 Å². The van der Waals surface area contributed by atoms with Gasteiger partial charge in [-0.25, -0.2) is 4.98 Å². The number of oxazole rings is 1. The molecular formula is C33H35N5O4. The molecule has 3 amide bonds. The van der Waals surface area contributed by atoms with Crippen LogP contribution in [0.4, 0.5) is 0 Å². The maximum absolute atomic E-state index is 13.4. The summed E-state index contributed by atoms with van der Waals surface area (Å²) >= 11 is 0. The van der Waals surface area contributed by atoms with E-state index < -0.39 is 5.54 Å². The normalized spacial score (nSPS) is 14.1. The van der Waals surface area contributed by atoms with Crippen molar-refractivity contribution >= 4 is 17.7 Å². The van der Waals surface area contributed by atoms with Crippen LogP contribution in [-0.2, 0) is 16.0 Å². The minimum Gasteiger partial charge on any atom is -0.441 e. The second-order valence-electron chi connectivity index (χ2n) is 10.4. The zero-order valence-electron chi connectivity index (χ0n) is 23.6. The van der Waals surface area contributed by atoms with Crippen LogP contribution in [0.1, 0.15) is 34.7 Å². The van der Waals surface area contributed by atoms with Crippen LogP contribution < -0.4 is 21.3 Å². The van der Waals surface area contributed by atoms with E-state index in [0.29, 0.717) is 48.8 Å². The third kappa shape index (κ3) is 6.92. The first-order valence-corrected chi connectivity index (χ1v) is 14.2. The summed E-state index contributed by atoms with van der Waals surface area (Å²) in [4.78, 5) is 43.6. The number of nitrogens with zero attached hydrogens (tertiary/aromatic N) is 1. The fraction of sp³-hybridized carbons (Fsp3) is 0.273. The zero-order valence-corrected chi connectivity index (χ0v) is 23.6. The highest BCUT2D eigenvalue weighted by atomic mass is 16.4. The predicted molar refractivity (Wildman–Crippen MR) is 161 cm³/mol. The summed E-state index contributed by atoms with van der Waals surface area (Å²) in [5.41, 5.74) is 2.98. The maximum atomic E-state index is 13.4. The van der Waals surface area contributed by atoms with Gasteiger partial charge in [0.2, 0.25) is 17.7 Å². The molecule has 1 aliphatic rings. The Kier molecular flexibility index (Phi) is 9.08. The molecule has 0 atom stereocenters. The number of benzene rings is 3. The van der Waals surface area contributed by atoms with Crippen molar-refractivity contribution in [3.63, 3.8) is 0 Å². The van der Waals surface area contributed by atoms with E-state index in [9.17, 15) is 14.4 Å². The molecule has 9 nitrogen and oxygen atoms in total. The van der Waals surface area contributed by atoms with E-state index in [1.807, 2.05) is 72.8 Å². The summed E-state index contributed by atoms with van der Waals surface area (Å²) in [6.45, 7) is 3.48. The fourth-order valence-electron chi connectivity index (χ4n) is 5.09. The van der Waals surface area contributed by atoms with Gasteiger partial charge in [0.1, 0.15) is 11.3 Å².